The van der Waals surface area contributed by atoms with Crippen LogP contribution in [0.4, 0.5) is 5.69 Å². The van der Waals surface area contributed by atoms with Crippen LogP contribution in [0.2, 0.25) is 0 Å². The number of ether oxygens (including phenoxy) is 1. The summed E-state index contributed by atoms with van der Waals surface area (Å²) < 4.78 is 5.38. The number of nitrogens with zero attached hydrogens (tertiary/aromatic N) is 2. The molecule has 2 aromatic rings. The van der Waals surface area contributed by atoms with E-state index < -0.39 is 34.1 Å². The maximum absolute atomic E-state index is 12.9. The molecule has 2 aromatic carbocycles. The van der Waals surface area contributed by atoms with Gasteiger partial charge in [-0.15, -0.1) is 11.8 Å². The van der Waals surface area contributed by atoms with Crippen LogP contribution in [0.15, 0.2) is 59.8 Å². The Morgan fingerprint density at radius 1 is 1.24 bits per heavy atom. The zero-order valence-corrected chi connectivity index (χ0v) is 19.0. The number of non-ortho nitro benzene ring substituents is 1. The van der Waals surface area contributed by atoms with Gasteiger partial charge in [-0.25, -0.2) is 4.79 Å². The van der Waals surface area contributed by atoms with E-state index in [1.807, 2.05) is 0 Å². The number of thioether (sulfide) groups is 1. The number of hydrogen-bond donors (Lipinski definition) is 2. The number of esters is 1. The monoisotopic (exact) mass is 482 g/mol. The Morgan fingerprint density at radius 2 is 1.94 bits per heavy atom. The number of amides is 2. The molecule has 2 amide bonds. The van der Waals surface area contributed by atoms with Gasteiger partial charge in [0.2, 0.25) is 0 Å². The van der Waals surface area contributed by atoms with Gasteiger partial charge in [-0.1, -0.05) is 18.2 Å². The van der Waals surface area contributed by atoms with Gasteiger partial charge in [0.25, 0.3) is 17.5 Å². The lowest BCUT2D eigenvalue weighted by molar-refractivity contribution is -0.384. The Bertz CT molecular complexity index is 1200. The van der Waals surface area contributed by atoms with Crippen LogP contribution in [0.1, 0.15) is 28.4 Å². The quantitative estimate of drug-likeness (QED) is 0.264. The molecule has 11 heteroatoms. The highest BCUT2D eigenvalue weighted by molar-refractivity contribution is 8.00. The average molecular weight is 483 g/mol. The molecule has 3 N–H and O–H groups in total. The number of nitro groups is 1. The number of nitrogens with one attached hydrogen (secondary N) is 1. The molecule has 2 atom stereocenters. The zero-order valence-electron chi connectivity index (χ0n) is 18.2. The Labute approximate surface area is 199 Å². The molecular formula is C23H22N4O6S. The van der Waals surface area contributed by atoms with E-state index >= 15 is 0 Å². The molecule has 0 bridgehead atoms. The van der Waals surface area contributed by atoms with E-state index in [9.17, 15) is 24.5 Å². The minimum absolute atomic E-state index is 0.0610. The lowest BCUT2D eigenvalue weighted by atomic mass is 10.0. The topological polar surface area (TPSA) is 145 Å². The van der Waals surface area contributed by atoms with Crippen molar-refractivity contribution in [2.45, 2.75) is 31.5 Å². The van der Waals surface area contributed by atoms with E-state index in [0.29, 0.717) is 28.0 Å². The largest absolute Gasteiger partial charge is 0.456 e. The summed E-state index contributed by atoms with van der Waals surface area (Å²) in [5.74, 6) is -0.944. The normalized spacial score (nSPS) is 19.2. The van der Waals surface area contributed by atoms with Gasteiger partial charge < -0.3 is 15.8 Å². The first-order valence-corrected chi connectivity index (χ1v) is 11.5. The first-order chi connectivity index (χ1) is 16.3. The second-order valence-electron chi connectivity index (χ2n) is 7.85. The van der Waals surface area contributed by atoms with E-state index in [1.165, 1.54) is 40.9 Å². The lowest BCUT2D eigenvalue weighted by Crippen LogP contribution is -2.70. The maximum Gasteiger partial charge on any atom is 0.355 e. The summed E-state index contributed by atoms with van der Waals surface area (Å²) in [7, 11) is 0. The molecule has 0 spiro atoms. The van der Waals surface area contributed by atoms with Crippen LogP contribution in [-0.4, -0.2) is 44.8 Å². The summed E-state index contributed by atoms with van der Waals surface area (Å²) in [6.07, 6.45) is 0. The van der Waals surface area contributed by atoms with Gasteiger partial charge >= 0.3 is 5.97 Å². The fraction of sp³-hybridized carbons (Fsp3) is 0.261. The Hall–Kier alpha value is -3.70. The van der Waals surface area contributed by atoms with Gasteiger partial charge in [0.15, 0.2) is 0 Å². The van der Waals surface area contributed by atoms with Crippen molar-refractivity contribution in [3.8, 4) is 0 Å². The van der Waals surface area contributed by atoms with Crippen molar-refractivity contribution in [3.05, 3.63) is 86.6 Å². The number of fused-ring (bicyclic) bond motifs is 1. The SMILES string of the molecule is CC1=C(C(=O)OCc2ccc([N+](=O)[O-])cc2)N2C(=O)C(NC(=O)c3ccccc3CN)[C@@H]2SC1. The summed E-state index contributed by atoms with van der Waals surface area (Å²) in [4.78, 5) is 50.1. The van der Waals surface area contributed by atoms with E-state index in [2.05, 4.69) is 5.32 Å². The fourth-order valence-corrected chi connectivity index (χ4v) is 5.13. The second-order valence-corrected chi connectivity index (χ2v) is 8.96. The van der Waals surface area contributed by atoms with Crippen molar-refractivity contribution >= 4 is 35.2 Å². The number of rotatable bonds is 7. The molecule has 2 aliphatic heterocycles. The fourth-order valence-electron chi connectivity index (χ4n) is 3.83. The summed E-state index contributed by atoms with van der Waals surface area (Å²) in [5.41, 5.74) is 8.18. The van der Waals surface area contributed by atoms with Crippen molar-refractivity contribution in [2.24, 2.45) is 5.73 Å². The molecule has 0 saturated carbocycles. The molecule has 2 heterocycles. The molecule has 1 saturated heterocycles. The van der Waals surface area contributed by atoms with Crippen LogP contribution in [0.25, 0.3) is 0 Å². The molecule has 10 nitrogen and oxygen atoms in total. The third kappa shape index (κ3) is 4.39. The van der Waals surface area contributed by atoms with Crippen LogP contribution in [0.3, 0.4) is 0 Å². The second kappa shape index (κ2) is 9.65. The van der Waals surface area contributed by atoms with E-state index in [1.54, 1.807) is 31.2 Å². The first kappa shape index (κ1) is 23.5. The van der Waals surface area contributed by atoms with E-state index in [4.69, 9.17) is 10.5 Å². The Balaban J connectivity index is 1.42. The number of benzene rings is 2. The number of hydrogen-bond acceptors (Lipinski definition) is 8. The molecule has 0 aliphatic carbocycles. The molecule has 4 rings (SSSR count). The molecule has 34 heavy (non-hydrogen) atoms. The van der Waals surface area contributed by atoms with Gasteiger partial charge in [-0.3, -0.25) is 24.6 Å². The van der Waals surface area contributed by atoms with Gasteiger partial charge in [0, 0.05) is 30.0 Å². The molecule has 0 aromatic heterocycles. The molecule has 2 aliphatic rings. The third-order valence-electron chi connectivity index (χ3n) is 5.64. The summed E-state index contributed by atoms with van der Waals surface area (Å²) >= 11 is 1.46. The van der Waals surface area contributed by atoms with Crippen molar-refractivity contribution in [1.29, 1.82) is 0 Å². The van der Waals surface area contributed by atoms with Crippen molar-refractivity contribution in [3.63, 3.8) is 0 Å². The number of β-lactam (4-membered cyclic amide) rings is 1. The first-order valence-electron chi connectivity index (χ1n) is 10.5. The predicted molar refractivity (Wildman–Crippen MR) is 124 cm³/mol. The number of carbonyl (C=O) groups is 3. The molecule has 0 radical (unpaired) electrons. The van der Waals surface area contributed by atoms with Gasteiger partial charge in [-0.2, -0.15) is 0 Å². The molecular weight excluding hydrogens is 460 g/mol. The highest BCUT2D eigenvalue weighted by Crippen LogP contribution is 2.40. The molecule has 1 fully saturated rings. The molecule has 1 unspecified atom stereocenters. The summed E-state index contributed by atoms with van der Waals surface area (Å²) in [6, 6.07) is 11.8. The van der Waals surface area contributed by atoms with E-state index in [0.717, 1.165) is 0 Å². The molecule has 176 valence electrons. The Morgan fingerprint density at radius 3 is 2.62 bits per heavy atom. The Kier molecular flexibility index (Phi) is 6.66. The average Bonchev–Trinajstić information content (AvgIpc) is 2.85. The predicted octanol–water partition coefficient (Wildman–Crippen LogP) is 2.08. The van der Waals surface area contributed by atoms with Crippen LogP contribution in [-0.2, 0) is 27.5 Å². The van der Waals surface area contributed by atoms with Crippen LogP contribution >= 0.6 is 11.8 Å². The smallest absolute Gasteiger partial charge is 0.355 e. The summed E-state index contributed by atoms with van der Waals surface area (Å²) in [6.45, 7) is 1.85. The van der Waals surface area contributed by atoms with Gasteiger partial charge in [-0.05, 0) is 41.8 Å². The van der Waals surface area contributed by atoms with E-state index in [-0.39, 0.29) is 24.5 Å². The van der Waals surface area contributed by atoms with Crippen LogP contribution in [0, 0.1) is 10.1 Å². The lowest BCUT2D eigenvalue weighted by Gasteiger charge is -2.49. The van der Waals surface area contributed by atoms with Crippen LogP contribution in [0.5, 0.6) is 0 Å². The zero-order chi connectivity index (χ0) is 24.4. The van der Waals surface area contributed by atoms with Crippen molar-refractivity contribution < 1.29 is 24.0 Å². The maximum atomic E-state index is 12.9. The highest BCUT2D eigenvalue weighted by atomic mass is 32.2. The van der Waals surface area contributed by atoms with Crippen molar-refractivity contribution in [1.82, 2.24) is 10.2 Å². The number of nitro benzene ring substituents is 1. The minimum Gasteiger partial charge on any atom is -0.456 e. The van der Waals surface area contributed by atoms with Crippen LogP contribution < -0.4 is 11.1 Å². The minimum atomic E-state index is -0.770. The highest BCUT2D eigenvalue weighted by Gasteiger charge is 2.54. The number of carbonyl (C=O) groups excluding carboxylic acids is 3. The van der Waals surface area contributed by atoms with Gasteiger partial charge in [0.05, 0.1) is 4.92 Å². The number of nitrogens with two attached hydrogens (primary N) is 1. The third-order valence-corrected chi connectivity index (χ3v) is 7.06. The van der Waals surface area contributed by atoms with Crippen molar-refractivity contribution in [2.75, 3.05) is 5.75 Å². The van der Waals surface area contributed by atoms with Gasteiger partial charge in [0.1, 0.15) is 23.7 Å². The standard InChI is InChI=1S/C23H22N4O6S/c1-13-12-34-22-18(25-20(28)17-5-3-2-4-15(17)10-24)21(29)26(22)19(13)23(30)33-11-14-6-8-16(9-7-14)27(31)32/h2-9,18,22H,10-12,24H2,1H3,(H,25,28)/t18?,22-/m0/s1. The summed E-state index contributed by atoms with van der Waals surface area (Å²) in [5, 5.41) is 13.1.